The standard InChI is InChI=1S/C26H24F4N4O2/c1-15-10-17-11-21(33-20(17)12-19(15)27)18-6-5-9-31-23(18)34(24(35)36-25(2,3)4)14-16-7-8-22(32-13-16)26(28,29)30/h5-13,33H,14H2,1-4H3. The molecule has 10 heteroatoms. The van der Waals surface area contributed by atoms with Gasteiger partial charge < -0.3 is 9.72 Å². The van der Waals surface area contributed by atoms with Gasteiger partial charge in [0.25, 0.3) is 0 Å². The number of carbonyl (C=O) groups is 1. The molecule has 0 bridgehead atoms. The number of benzene rings is 1. The number of alkyl halides is 3. The van der Waals surface area contributed by atoms with Crippen LogP contribution in [-0.4, -0.2) is 26.6 Å². The normalized spacial score (nSPS) is 12.1. The fourth-order valence-corrected chi connectivity index (χ4v) is 3.65. The van der Waals surface area contributed by atoms with Gasteiger partial charge in [0.2, 0.25) is 0 Å². The average Bonchev–Trinajstić information content (AvgIpc) is 3.18. The van der Waals surface area contributed by atoms with Crippen molar-refractivity contribution in [3.05, 3.63) is 77.5 Å². The van der Waals surface area contributed by atoms with E-state index in [1.54, 1.807) is 45.9 Å². The van der Waals surface area contributed by atoms with E-state index in [4.69, 9.17) is 4.74 Å². The van der Waals surface area contributed by atoms with E-state index in [2.05, 4.69) is 15.0 Å². The molecule has 0 aliphatic rings. The second-order valence-corrected chi connectivity index (χ2v) is 9.36. The molecule has 1 amide bonds. The first-order valence-electron chi connectivity index (χ1n) is 11.1. The fraction of sp³-hybridized carbons (Fsp3) is 0.269. The molecule has 0 saturated carbocycles. The van der Waals surface area contributed by atoms with E-state index in [1.165, 1.54) is 23.2 Å². The van der Waals surface area contributed by atoms with Gasteiger partial charge in [-0.05, 0) is 75.2 Å². The van der Waals surface area contributed by atoms with Crippen LogP contribution in [-0.2, 0) is 17.5 Å². The number of anilines is 1. The lowest BCUT2D eigenvalue weighted by atomic mass is 10.1. The van der Waals surface area contributed by atoms with E-state index < -0.39 is 23.6 Å². The molecule has 0 radical (unpaired) electrons. The Balaban J connectivity index is 1.78. The molecule has 188 valence electrons. The molecule has 4 rings (SSSR count). The molecule has 0 aliphatic heterocycles. The third-order valence-electron chi connectivity index (χ3n) is 5.30. The lowest BCUT2D eigenvalue weighted by molar-refractivity contribution is -0.141. The molecule has 36 heavy (non-hydrogen) atoms. The Bertz CT molecular complexity index is 1370. The second kappa shape index (κ2) is 9.25. The number of hydrogen-bond donors (Lipinski definition) is 1. The minimum absolute atomic E-state index is 0.141. The van der Waals surface area contributed by atoms with E-state index >= 15 is 0 Å². The fourth-order valence-electron chi connectivity index (χ4n) is 3.65. The van der Waals surface area contributed by atoms with Crippen molar-refractivity contribution in [2.24, 2.45) is 0 Å². The summed E-state index contributed by atoms with van der Waals surface area (Å²) >= 11 is 0. The smallest absolute Gasteiger partial charge is 0.433 e. The zero-order valence-electron chi connectivity index (χ0n) is 20.1. The van der Waals surface area contributed by atoms with Crippen LogP contribution in [0.4, 0.5) is 28.2 Å². The Hall–Kier alpha value is -3.95. The van der Waals surface area contributed by atoms with E-state index in [1.807, 2.05) is 6.07 Å². The van der Waals surface area contributed by atoms with Crippen LogP contribution in [0.3, 0.4) is 0 Å². The van der Waals surface area contributed by atoms with Crippen LogP contribution in [0.1, 0.15) is 37.6 Å². The monoisotopic (exact) mass is 500 g/mol. The van der Waals surface area contributed by atoms with Gasteiger partial charge in [0.05, 0.1) is 12.2 Å². The Morgan fingerprint density at radius 3 is 2.47 bits per heavy atom. The first-order valence-corrected chi connectivity index (χ1v) is 11.1. The zero-order valence-corrected chi connectivity index (χ0v) is 20.1. The topological polar surface area (TPSA) is 71.1 Å². The first kappa shape index (κ1) is 25.2. The third kappa shape index (κ3) is 5.48. The molecule has 0 atom stereocenters. The molecule has 4 aromatic rings. The second-order valence-electron chi connectivity index (χ2n) is 9.36. The summed E-state index contributed by atoms with van der Waals surface area (Å²) in [6.07, 6.45) is -2.75. The first-order chi connectivity index (χ1) is 16.8. The van der Waals surface area contributed by atoms with Gasteiger partial charge in [-0.2, -0.15) is 13.2 Å². The number of aromatic amines is 1. The number of H-pyrrole nitrogens is 1. The number of aromatic nitrogens is 3. The lowest BCUT2D eigenvalue weighted by Crippen LogP contribution is -2.37. The van der Waals surface area contributed by atoms with Crippen LogP contribution in [0.25, 0.3) is 22.2 Å². The maximum Gasteiger partial charge on any atom is 0.433 e. The van der Waals surface area contributed by atoms with Gasteiger partial charge in [0.15, 0.2) is 0 Å². The molecule has 0 saturated heterocycles. The van der Waals surface area contributed by atoms with Crippen molar-refractivity contribution in [2.75, 3.05) is 4.90 Å². The van der Waals surface area contributed by atoms with Gasteiger partial charge in [-0.15, -0.1) is 0 Å². The maximum absolute atomic E-state index is 14.1. The van der Waals surface area contributed by atoms with Crippen molar-refractivity contribution >= 4 is 22.8 Å². The highest BCUT2D eigenvalue weighted by Crippen LogP contribution is 2.33. The van der Waals surface area contributed by atoms with Crippen molar-refractivity contribution in [3.63, 3.8) is 0 Å². The molecular formula is C26H24F4N4O2. The van der Waals surface area contributed by atoms with E-state index in [0.29, 0.717) is 27.9 Å². The van der Waals surface area contributed by atoms with Gasteiger partial charge in [0.1, 0.15) is 22.9 Å². The largest absolute Gasteiger partial charge is 0.443 e. The SMILES string of the molecule is Cc1cc2cc(-c3cccnc3N(Cc3ccc(C(F)(F)F)nc3)C(=O)OC(C)(C)C)[nH]c2cc1F. The number of amides is 1. The van der Waals surface area contributed by atoms with Crippen LogP contribution < -0.4 is 4.90 Å². The Morgan fingerprint density at radius 1 is 1.08 bits per heavy atom. The quantitative estimate of drug-likeness (QED) is 0.305. The highest BCUT2D eigenvalue weighted by atomic mass is 19.4. The number of aryl methyl sites for hydroxylation is 1. The number of carbonyl (C=O) groups excluding carboxylic acids is 1. The van der Waals surface area contributed by atoms with Gasteiger partial charge >= 0.3 is 12.3 Å². The van der Waals surface area contributed by atoms with Crippen LogP contribution in [0.2, 0.25) is 0 Å². The molecule has 6 nitrogen and oxygen atoms in total. The Labute approximate surface area is 204 Å². The number of ether oxygens (including phenoxy) is 1. The van der Waals surface area contributed by atoms with E-state index in [0.717, 1.165) is 17.6 Å². The molecule has 0 fully saturated rings. The summed E-state index contributed by atoms with van der Waals surface area (Å²) < 4.78 is 58.5. The number of nitrogens with one attached hydrogen (secondary N) is 1. The Kier molecular flexibility index (Phi) is 6.46. The summed E-state index contributed by atoms with van der Waals surface area (Å²) in [6.45, 7) is 6.64. The Morgan fingerprint density at radius 2 is 1.83 bits per heavy atom. The summed E-state index contributed by atoms with van der Waals surface area (Å²) in [5.41, 5.74) is 0.644. The number of fused-ring (bicyclic) bond motifs is 1. The third-order valence-corrected chi connectivity index (χ3v) is 5.30. The van der Waals surface area contributed by atoms with Crippen LogP contribution in [0.5, 0.6) is 0 Å². The van der Waals surface area contributed by atoms with Crippen LogP contribution >= 0.6 is 0 Å². The highest BCUT2D eigenvalue weighted by Gasteiger charge is 2.32. The molecule has 0 spiro atoms. The predicted octanol–water partition coefficient (Wildman–Crippen LogP) is 7.03. The molecule has 1 N–H and O–H groups in total. The number of pyridine rings is 2. The minimum atomic E-state index is -4.58. The van der Waals surface area contributed by atoms with Gasteiger partial charge in [0, 0.05) is 28.9 Å². The summed E-state index contributed by atoms with van der Waals surface area (Å²) in [5, 5.41) is 0.773. The summed E-state index contributed by atoms with van der Waals surface area (Å²) in [4.78, 5) is 25.5. The number of hydrogen-bond acceptors (Lipinski definition) is 4. The maximum atomic E-state index is 14.1. The molecule has 0 aliphatic carbocycles. The molecule has 0 unspecified atom stereocenters. The number of nitrogens with zero attached hydrogens (tertiary/aromatic N) is 3. The lowest BCUT2D eigenvalue weighted by Gasteiger charge is -2.28. The predicted molar refractivity (Wildman–Crippen MR) is 128 cm³/mol. The van der Waals surface area contributed by atoms with Gasteiger partial charge in [-0.25, -0.2) is 14.2 Å². The molecule has 1 aromatic carbocycles. The molecule has 3 aromatic heterocycles. The summed E-state index contributed by atoms with van der Waals surface area (Å²) in [7, 11) is 0. The molecular weight excluding hydrogens is 476 g/mol. The minimum Gasteiger partial charge on any atom is -0.443 e. The van der Waals surface area contributed by atoms with Crippen molar-refractivity contribution < 1.29 is 27.1 Å². The van der Waals surface area contributed by atoms with Crippen LogP contribution in [0.15, 0.2) is 54.9 Å². The van der Waals surface area contributed by atoms with Crippen LogP contribution in [0, 0.1) is 12.7 Å². The van der Waals surface area contributed by atoms with E-state index in [-0.39, 0.29) is 18.2 Å². The van der Waals surface area contributed by atoms with Crippen molar-refractivity contribution in [1.82, 2.24) is 15.0 Å². The van der Waals surface area contributed by atoms with Crippen molar-refractivity contribution in [3.8, 4) is 11.3 Å². The average molecular weight is 500 g/mol. The number of halogens is 4. The van der Waals surface area contributed by atoms with Gasteiger partial charge in [-0.1, -0.05) is 6.07 Å². The zero-order chi connectivity index (χ0) is 26.3. The van der Waals surface area contributed by atoms with Gasteiger partial charge in [-0.3, -0.25) is 9.88 Å². The van der Waals surface area contributed by atoms with Crippen molar-refractivity contribution in [1.29, 1.82) is 0 Å². The number of rotatable bonds is 4. The highest BCUT2D eigenvalue weighted by molar-refractivity contribution is 5.94. The van der Waals surface area contributed by atoms with E-state index in [9.17, 15) is 22.4 Å². The summed E-state index contributed by atoms with van der Waals surface area (Å²) in [6, 6.07) is 10.4. The summed E-state index contributed by atoms with van der Waals surface area (Å²) in [5.74, 6) is -0.136. The molecule has 3 heterocycles. The van der Waals surface area contributed by atoms with Crippen molar-refractivity contribution in [2.45, 2.75) is 46.0 Å².